The maximum Gasteiger partial charge on any atom is 0.316 e. The summed E-state index contributed by atoms with van der Waals surface area (Å²) < 4.78 is 4.80. The Labute approximate surface area is 83.1 Å². The van der Waals surface area contributed by atoms with Crippen LogP contribution in [0.25, 0.3) is 0 Å². The van der Waals surface area contributed by atoms with Crippen LogP contribution in [0.3, 0.4) is 0 Å². The molecule has 0 spiro atoms. The first kappa shape index (κ1) is 9.46. The van der Waals surface area contributed by atoms with Crippen molar-refractivity contribution in [2.45, 2.75) is 6.42 Å². The van der Waals surface area contributed by atoms with E-state index in [1.54, 1.807) is 0 Å². The van der Waals surface area contributed by atoms with E-state index in [0.29, 0.717) is 6.42 Å². The van der Waals surface area contributed by atoms with Crippen molar-refractivity contribution in [1.82, 2.24) is 0 Å². The first-order valence-corrected chi connectivity index (χ1v) is 4.80. The summed E-state index contributed by atoms with van der Waals surface area (Å²) in [4.78, 5) is 11.6. The van der Waals surface area contributed by atoms with E-state index in [0.717, 1.165) is 0 Å². The van der Waals surface area contributed by atoms with E-state index in [1.807, 2.05) is 24.3 Å². The predicted molar refractivity (Wildman–Crippen MR) is 51.4 cm³/mol. The minimum Gasteiger partial charge on any atom is -0.468 e. The van der Waals surface area contributed by atoms with Crippen LogP contribution in [-0.4, -0.2) is 24.8 Å². The molecule has 0 aromatic rings. The van der Waals surface area contributed by atoms with Crippen LogP contribution in [0, 0.1) is 17.3 Å². The highest BCUT2D eigenvalue weighted by Crippen LogP contribution is 2.49. The van der Waals surface area contributed by atoms with Crippen molar-refractivity contribution in [1.29, 1.82) is 0 Å². The summed E-state index contributed by atoms with van der Waals surface area (Å²) in [5, 5.41) is 9.06. The molecule has 2 rings (SSSR count). The maximum absolute atomic E-state index is 11.6. The highest BCUT2D eigenvalue weighted by atomic mass is 16.5. The van der Waals surface area contributed by atoms with Crippen molar-refractivity contribution in [3.05, 3.63) is 24.3 Å². The molecule has 0 aromatic heterocycles. The second kappa shape index (κ2) is 3.24. The lowest BCUT2D eigenvalue weighted by Crippen LogP contribution is -2.45. The number of aliphatic hydroxyl groups excluding tert-OH is 1. The topological polar surface area (TPSA) is 46.5 Å². The lowest BCUT2D eigenvalue weighted by molar-refractivity contribution is -0.153. The smallest absolute Gasteiger partial charge is 0.316 e. The van der Waals surface area contributed by atoms with Crippen LogP contribution in [-0.2, 0) is 9.53 Å². The first-order chi connectivity index (χ1) is 6.73. The van der Waals surface area contributed by atoms with Crippen LogP contribution in [0.2, 0.25) is 0 Å². The molecular weight excluding hydrogens is 180 g/mol. The van der Waals surface area contributed by atoms with Gasteiger partial charge in [-0.1, -0.05) is 24.3 Å². The largest absolute Gasteiger partial charge is 0.468 e. The van der Waals surface area contributed by atoms with Gasteiger partial charge in [-0.15, -0.1) is 0 Å². The summed E-state index contributed by atoms with van der Waals surface area (Å²) in [6.45, 7) is 0.0931. The van der Waals surface area contributed by atoms with Gasteiger partial charge < -0.3 is 9.84 Å². The lowest BCUT2D eigenvalue weighted by Gasteiger charge is -2.43. The monoisotopic (exact) mass is 194 g/mol. The molecule has 2 aliphatic rings. The molecule has 3 heteroatoms. The molecule has 0 aromatic carbocycles. The molecule has 2 aliphatic carbocycles. The molecular formula is C11H14O3. The molecule has 0 amide bonds. The van der Waals surface area contributed by atoms with Gasteiger partial charge in [0.25, 0.3) is 0 Å². The van der Waals surface area contributed by atoms with Gasteiger partial charge in [0.15, 0.2) is 0 Å². The number of esters is 1. The minimum absolute atomic E-state index is 0.0790. The Morgan fingerprint density at radius 2 is 2.36 bits per heavy atom. The van der Waals surface area contributed by atoms with E-state index >= 15 is 0 Å². The van der Waals surface area contributed by atoms with Crippen molar-refractivity contribution in [3.63, 3.8) is 0 Å². The second-order valence-corrected chi connectivity index (χ2v) is 3.95. The highest BCUT2D eigenvalue weighted by molar-refractivity contribution is 5.82. The van der Waals surface area contributed by atoms with Gasteiger partial charge in [-0.05, 0) is 6.42 Å². The van der Waals surface area contributed by atoms with Crippen LogP contribution in [0.4, 0.5) is 0 Å². The van der Waals surface area contributed by atoms with Gasteiger partial charge in [-0.3, -0.25) is 4.79 Å². The van der Waals surface area contributed by atoms with Crippen LogP contribution in [0.5, 0.6) is 0 Å². The zero-order valence-corrected chi connectivity index (χ0v) is 8.14. The molecule has 14 heavy (non-hydrogen) atoms. The number of carbonyl (C=O) groups excluding carboxylic acids is 1. The van der Waals surface area contributed by atoms with E-state index in [9.17, 15) is 4.79 Å². The molecule has 1 N–H and O–H groups in total. The third kappa shape index (κ3) is 1.12. The van der Waals surface area contributed by atoms with Crippen LogP contribution in [0.1, 0.15) is 6.42 Å². The van der Waals surface area contributed by atoms with Crippen LogP contribution < -0.4 is 0 Å². The lowest BCUT2D eigenvalue weighted by atomic mass is 9.60. The number of hydrogen-bond acceptors (Lipinski definition) is 3. The average molecular weight is 194 g/mol. The van der Waals surface area contributed by atoms with Crippen LogP contribution in [0.15, 0.2) is 24.3 Å². The summed E-state index contributed by atoms with van der Waals surface area (Å²) in [7, 11) is 1.41. The van der Waals surface area contributed by atoms with Gasteiger partial charge in [-0.25, -0.2) is 0 Å². The van der Waals surface area contributed by atoms with Crippen molar-refractivity contribution in [3.8, 4) is 0 Å². The second-order valence-electron chi connectivity index (χ2n) is 3.95. The van der Waals surface area contributed by atoms with Gasteiger partial charge in [0, 0.05) is 18.4 Å². The Morgan fingerprint density at radius 3 is 2.86 bits per heavy atom. The van der Waals surface area contributed by atoms with E-state index in [4.69, 9.17) is 9.84 Å². The molecule has 0 radical (unpaired) electrons. The minimum atomic E-state index is -0.489. The zero-order chi connectivity index (χ0) is 10.2. The molecule has 0 aliphatic heterocycles. The summed E-state index contributed by atoms with van der Waals surface area (Å²) >= 11 is 0. The van der Waals surface area contributed by atoms with Gasteiger partial charge >= 0.3 is 5.97 Å². The van der Waals surface area contributed by atoms with Gasteiger partial charge in [0.2, 0.25) is 0 Å². The Kier molecular flexibility index (Phi) is 2.19. The third-order valence-electron chi connectivity index (χ3n) is 3.19. The zero-order valence-electron chi connectivity index (χ0n) is 8.14. The standard InChI is InChI=1S/C11H14O3/c1-14-10(13)11-5-4-9(11)3-2-8(6-11)7-12/h2-5,8-9,12H,6-7H2,1H3. The number of rotatable bonds is 2. The number of hydrogen-bond donors (Lipinski definition) is 1. The molecule has 0 saturated carbocycles. The normalized spacial score (nSPS) is 38.7. The SMILES string of the molecule is COC(=O)C12C=CC1C=CC(CO)C2. The number of aliphatic hydroxyl groups is 1. The molecule has 3 nitrogen and oxygen atoms in total. The highest BCUT2D eigenvalue weighted by Gasteiger charge is 2.50. The van der Waals surface area contributed by atoms with Crippen LogP contribution >= 0.6 is 0 Å². The predicted octanol–water partition coefficient (Wildman–Crippen LogP) is 0.900. The Hall–Kier alpha value is -1.09. The van der Waals surface area contributed by atoms with E-state index in [-0.39, 0.29) is 24.4 Å². The molecule has 0 heterocycles. The number of methoxy groups -OCH3 is 1. The fraction of sp³-hybridized carbons (Fsp3) is 0.545. The first-order valence-electron chi connectivity index (χ1n) is 4.80. The third-order valence-corrected chi connectivity index (χ3v) is 3.19. The Balaban J connectivity index is 2.23. The number of allylic oxidation sites excluding steroid dienone is 2. The molecule has 0 bridgehead atoms. The number of fused-ring (bicyclic) bond motifs is 1. The molecule has 0 saturated heterocycles. The van der Waals surface area contributed by atoms with E-state index < -0.39 is 5.41 Å². The Bertz CT molecular complexity index is 306. The van der Waals surface area contributed by atoms with E-state index in [2.05, 4.69) is 0 Å². The van der Waals surface area contributed by atoms with E-state index in [1.165, 1.54) is 7.11 Å². The van der Waals surface area contributed by atoms with Gasteiger partial charge in [-0.2, -0.15) is 0 Å². The van der Waals surface area contributed by atoms with Crippen molar-refractivity contribution in [2.75, 3.05) is 13.7 Å². The summed E-state index contributed by atoms with van der Waals surface area (Å²) in [5.74, 6) is 0.0563. The molecule has 76 valence electrons. The molecule has 3 atom stereocenters. The summed E-state index contributed by atoms with van der Waals surface area (Å²) in [6.07, 6.45) is 8.53. The average Bonchev–Trinajstić information content (AvgIpc) is 2.19. The van der Waals surface area contributed by atoms with Crippen molar-refractivity contribution >= 4 is 5.97 Å². The van der Waals surface area contributed by atoms with Crippen molar-refractivity contribution in [2.24, 2.45) is 17.3 Å². The summed E-state index contributed by atoms with van der Waals surface area (Å²) in [6, 6.07) is 0. The fourth-order valence-electron chi connectivity index (χ4n) is 2.26. The summed E-state index contributed by atoms with van der Waals surface area (Å²) in [5.41, 5.74) is -0.489. The molecule has 0 fully saturated rings. The molecule has 3 unspecified atom stereocenters. The van der Waals surface area contributed by atoms with Gasteiger partial charge in [0.05, 0.1) is 12.5 Å². The number of ether oxygens (including phenoxy) is 1. The van der Waals surface area contributed by atoms with Crippen molar-refractivity contribution < 1.29 is 14.6 Å². The van der Waals surface area contributed by atoms with Gasteiger partial charge in [0.1, 0.15) is 0 Å². The Morgan fingerprint density at radius 1 is 1.57 bits per heavy atom. The number of carbonyl (C=O) groups is 1. The maximum atomic E-state index is 11.6. The quantitative estimate of drug-likeness (QED) is 0.524. The fourth-order valence-corrected chi connectivity index (χ4v) is 2.26.